The Bertz CT molecular complexity index is 1380. The zero-order valence-electron chi connectivity index (χ0n) is 25.2. The van der Waals surface area contributed by atoms with Crippen molar-refractivity contribution >= 4 is 22.7 Å². The van der Waals surface area contributed by atoms with Crippen LogP contribution in [0.4, 0.5) is 13.2 Å². The van der Waals surface area contributed by atoms with Gasteiger partial charge in [-0.3, -0.25) is 14.4 Å². The molecule has 9 atom stereocenters. The van der Waals surface area contributed by atoms with Crippen LogP contribution < -0.4 is 4.74 Å². The quantitative estimate of drug-likeness (QED) is 0.428. The van der Waals surface area contributed by atoms with E-state index < -0.39 is 69.0 Å². The predicted octanol–water partition coefficient (Wildman–Crippen LogP) is 6.08. The maximum Gasteiger partial charge on any atom is 0.226 e. The molecule has 1 saturated heterocycles. The summed E-state index contributed by atoms with van der Waals surface area (Å²) in [5.41, 5.74) is -5.72. The Kier molecular flexibility index (Phi) is 7.31. The van der Waals surface area contributed by atoms with E-state index in [1.165, 1.54) is 12.2 Å². The van der Waals surface area contributed by atoms with Crippen molar-refractivity contribution in [3.8, 4) is 5.75 Å². The summed E-state index contributed by atoms with van der Waals surface area (Å²) in [6.07, 6.45) is 0.720. The number of nitrogens with zero attached hydrogens (tertiary/aromatic N) is 1. The molecule has 0 radical (unpaired) electrons. The third kappa shape index (κ3) is 4.41. The van der Waals surface area contributed by atoms with E-state index in [2.05, 4.69) is 0 Å². The molecule has 1 aliphatic heterocycles. The van der Waals surface area contributed by atoms with Gasteiger partial charge in [-0.15, -0.1) is 0 Å². The van der Waals surface area contributed by atoms with Gasteiger partial charge in [-0.1, -0.05) is 36.9 Å². The van der Waals surface area contributed by atoms with Gasteiger partial charge in [0, 0.05) is 35.8 Å². The molecule has 0 unspecified atom stereocenters. The van der Waals surface area contributed by atoms with E-state index in [1.54, 1.807) is 12.0 Å². The Balaban J connectivity index is 1.33. The van der Waals surface area contributed by atoms with Crippen LogP contribution in [0.25, 0.3) is 0 Å². The number of carbonyl (C=O) groups is 2. The predicted molar refractivity (Wildman–Crippen MR) is 157 cm³/mol. The van der Waals surface area contributed by atoms with E-state index in [4.69, 9.17) is 9.57 Å². The maximum atomic E-state index is 17.6. The Hall–Kier alpha value is -2.14. The van der Waals surface area contributed by atoms with Crippen molar-refractivity contribution in [1.29, 1.82) is 0 Å². The molecule has 10 heteroatoms. The number of aliphatic hydroxyl groups excluding tert-OH is 1. The number of hydroxylamine groups is 2. The molecule has 234 valence electrons. The summed E-state index contributed by atoms with van der Waals surface area (Å²) >= 11 is 0.532. The molecule has 0 amide bonds. The summed E-state index contributed by atoms with van der Waals surface area (Å²) in [4.78, 5) is 32.6. The van der Waals surface area contributed by atoms with Gasteiger partial charge in [-0.25, -0.2) is 13.2 Å². The van der Waals surface area contributed by atoms with Crippen LogP contribution in [0.15, 0.2) is 48.1 Å². The first kappa shape index (κ1) is 30.9. The monoisotopic (exact) mass is 619 g/mol. The first-order chi connectivity index (χ1) is 20.1. The van der Waals surface area contributed by atoms with Crippen LogP contribution in [0, 0.1) is 28.6 Å². The number of ether oxygens (including phenoxy) is 1. The Morgan fingerprint density at radius 2 is 1.88 bits per heavy atom. The van der Waals surface area contributed by atoms with Gasteiger partial charge in [-0.2, -0.15) is 5.06 Å². The number of allylic oxidation sites excluding steroid dienone is 4. The second-order valence-corrected chi connectivity index (χ2v) is 15.2. The molecule has 4 fully saturated rings. The third-order valence-electron chi connectivity index (χ3n) is 10.9. The van der Waals surface area contributed by atoms with Gasteiger partial charge in [0.1, 0.15) is 23.5 Å². The summed E-state index contributed by atoms with van der Waals surface area (Å²) in [6, 6.07) is 6.66. The van der Waals surface area contributed by atoms with Gasteiger partial charge in [-0.05, 0) is 88.3 Å². The smallest absolute Gasteiger partial charge is 0.226 e. The largest absolute Gasteiger partial charge is 0.488 e. The molecule has 3 saturated carbocycles. The minimum Gasteiger partial charge on any atom is -0.488 e. The van der Waals surface area contributed by atoms with E-state index >= 15 is 8.78 Å². The SMILES string of the molecule is CC(C)(C)Oc1ccc(CN2C[C@@H]3C[C@H]4[C@@H]5C[C@H](F)C6=CC(=O)C=C[C@]6(C)[C@@]5(F)[C@@H](O)C[C@]4(C)[C@]3(C(=O)SCF)O2)cc1. The number of ketones is 1. The van der Waals surface area contributed by atoms with Gasteiger partial charge < -0.3 is 9.84 Å². The molecule has 4 aliphatic carbocycles. The molecule has 5 aliphatic rings. The van der Waals surface area contributed by atoms with Crippen LogP contribution in [0.2, 0.25) is 0 Å². The third-order valence-corrected chi connectivity index (χ3v) is 11.5. The molecule has 1 aromatic rings. The molecule has 1 N–H and O–H groups in total. The molecular formula is C33H40F3NO5S. The van der Waals surface area contributed by atoms with Crippen molar-refractivity contribution < 1.29 is 37.4 Å². The van der Waals surface area contributed by atoms with Crippen LogP contribution in [-0.4, -0.2) is 62.8 Å². The normalized spacial score (nSPS) is 42.1. The van der Waals surface area contributed by atoms with E-state index in [0.717, 1.165) is 17.4 Å². The van der Waals surface area contributed by atoms with Crippen molar-refractivity contribution in [2.75, 3.05) is 12.6 Å². The zero-order valence-corrected chi connectivity index (χ0v) is 26.1. The molecule has 6 rings (SSSR count). The van der Waals surface area contributed by atoms with Crippen molar-refractivity contribution in [2.45, 2.75) is 89.6 Å². The summed E-state index contributed by atoms with van der Waals surface area (Å²) < 4.78 is 53.0. The highest BCUT2D eigenvalue weighted by Crippen LogP contribution is 2.73. The molecule has 0 aromatic heterocycles. The van der Waals surface area contributed by atoms with Crippen molar-refractivity contribution in [1.82, 2.24) is 5.06 Å². The number of carbonyl (C=O) groups excluding carboxylic acids is 2. The van der Waals surface area contributed by atoms with Crippen LogP contribution in [0.3, 0.4) is 0 Å². The fourth-order valence-electron chi connectivity index (χ4n) is 9.13. The molecule has 0 bridgehead atoms. The molecule has 1 heterocycles. The number of hydrogen-bond donors (Lipinski definition) is 1. The first-order valence-corrected chi connectivity index (χ1v) is 16.0. The van der Waals surface area contributed by atoms with Crippen LogP contribution in [0.1, 0.15) is 59.4 Å². The zero-order chi connectivity index (χ0) is 31.2. The number of aliphatic hydroxyl groups is 1. The lowest BCUT2D eigenvalue weighted by atomic mass is 9.44. The number of thioether (sulfide) groups is 1. The van der Waals surface area contributed by atoms with Crippen LogP contribution >= 0.6 is 11.8 Å². The van der Waals surface area contributed by atoms with Gasteiger partial charge in [0.2, 0.25) is 5.12 Å². The maximum absolute atomic E-state index is 17.6. The first-order valence-electron chi connectivity index (χ1n) is 15.0. The lowest BCUT2D eigenvalue weighted by Crippen LogP contribution is -2.70. The Morgan fingerprint density at radius 3 is 2.53 bits per heavy atom. The lowest BCUT2D eigenvalue weighted by Gasteiger charge is -2.63. The fourth-order valence-corrected chi connectivity index (χ4v) is 9.88. The van der Waals surface area contributed by atoms with Gasteiger partial charge in [0.25, 0.3) is 0 Å². The highest BCUT2D eigenvalue weighted by atomic mass is 32.2. The standard InChI is InChI=1S/C33H40F3NO5S/c1-29(2,3)41-22-8-6-19(7-9-22)16-37-17-20-12-23-24-14-26(35)25-13-21(38)10-11-30(25,4)32(24,36)27(39)15-31(23,5)33(20,42-37)28(40)43-18-34/h6-11,13,20,23-24,26-27,39H,12,14-18H2,1-5H3/t20-,23-,24-,26-,27-,30-,31-,32-,33-/m0/s1. The van der Waals surface area contributed by atoms with E-state index in [9.17, 15) is 19.1 Å². The summed E-state index contributed by atoms with van der Waals surface area (Å²) in [5, 5.41) is 12.9. The topological polar surface area (TPSA) is 76.1 Å². The molecule has 0 spiro atoms. The van der Waals surface area contributed by atoms with Crippen LogP contribution in [0.5, 0.6) is 5.75 Å². The number of halogens is 3. The molecule has 1 aromatic carbocycles. The average molecular weight is 620 g/mol. The Morgan fingerprint density at radius 1 is 1.19 bits per heavy atom. The Labute approximate surface area is 255 Å². The number of alkyl halides is 3. The molecule has 6 nitrogen and oxygen atoms in total. The van der Waals surface area contributed by atoms with Crippen molar-refractivity contribution in [3.05, 3.63) is 53.6 Å². The van der Waals surface area contributed by atoms with Gasteiger partial charge in [0.15, 0.2) is 17.1 Å². The van der Waals surface area contributed by atoms with Crippen LogP contribution in [-0.2, 0) is 21.0 Å². The number of rotatable bonds is 5. The minimum atomic E-state index is -2.25. The minimum absolute atomic E-state index is 0.0553. The van der Waals surface area contributed by atoms with Gasteiger partial charge >= 0.3 is 0 Å². The van der Waals surface area contributed by atoms with Crippen molar-refractivity contribution in [2.24, 2.45) is 28.6 Å². The molecular weight excluding hydrogens is 579 g/mol. The highest BCUT2D eigenvalue weighted by Gasteiger charge is 2.79. The van der Waals surface area contributed by atoms with E-state index in [1.807, 2.05) is 52.0 Å². The summed E-state index contributed by atoms with van der Waals surface area (Å²) in [7, 11) is 0. The van der Waals surface area contributed by atoms with E-state index in [0.29, 0.717) is 31.3 Å². The highest BCUT2D eigenvalue weighted by molar-refractivity contribution is 8.13. The van der Waals surface area contributed by atoms with Crippen molar-refractivity contribution in [3.63, 3.8) is 0 Å². The lowest BCUT2D eigenvalue weighted by molar-refractivity contribution is -0.266. The summed E-state index contributed by atoms with van der Waals surface area (Å²) in [5.74, 6) is -1.52. The van der Waals surface area contributed by atoms with E-state index in [-0.39, 0.29) is 24.0 Å². The average Bonchev–Trinajstić information content (AvgIpc) is 3.40. The summed E-state index contributed by atoms with van der Waals surface area (Å²) in [6.45, 7) is 9.99. The second kappa shape index (κ2) is 10.2. The second-order valence-electron chi connectivity index (χ2n) is 14.3. The number of hydrogen-bond acceptors (Lipinski definition) is 7. The fraction of sp³-hybridized carbons (Fsp3) is 0.636. The number of fused-ring (bicyclic) bond motifs is 7. The molecule has 43 heavy (non-hydrogen) atoms. The number of benzene rings is 1. The van der Waals surface area contributed by atoms with Gasteiger partial charge in [0.05, 0.1) is 6.10 Å².